The van der Waals surface area contributed by atoms with E-state index in [1.807, 2.05) is 65.3 Å². The molecule has 0 saturated heterocycles. The number of rotatable bonds is 8. The van der Waals surface area contributed by atoms with Gasteiger partial charge >= 0.3 is 0 Å². The molecule has 0 aliphatic rings. The van der Waals surface area contributed by atoms with Crippen molar-refractivity contribution in [3.05, 3.63) is 156 Å². The molecular weight excluding hydrogens is 522 g/mol. The average Bonchev–Trinajstić information content (AvgIpc) is 3.68. The van der Waals surface area contributed by atoms with Crippen molar-refractivity contribution >= 4 is 23.5 Å². The predicted molar refractivity (Wildman–Crippen MR) is 166 cm³/mol. The Morgan fingerprint density at radius 1 is 0.786 bits per heavy atom. The number of aromatic nitrogens is 2. The molecule has 1 amide bonds. The first-order valence-corrected chi connectivity index (χ1v) is 13.5. The third-order valence-corrected chi connectivity index (χ3v) is 6.94. The lowest BCUT2D eigenvalue weighted by Crippen LogP contribution is -2.12. The molecule has 42 heavy (non-hydrogen) atoms. The average molecular weight is 550 g/mol. The van der Waals surface area contributed by atoms with Crippen LogP contribution in [-0.4, -0.2) is 21.5 Å². The minimum absolute atomic E-state index is 0.131. The van der Waals surface area contributed by atoms with Crippen molar-refractivity contribution in [2.24, 2.45) is 0 Å². The highest BCUT2D eigenvalue weighted by Crippen LogP contribution is 2.29. The van der Waals surface area contributed by atoms with Gasteiger partial charge in [-0.25, -0.2) is 4.68 Å². The second-order valence-electron chi connectivity index (χ2n) is 9.77. The largest absolute Gasteiger partial charge is 0.469 e. The van der Waals surface area contributed by atoms with Crippen LogP contribution in [0.2, 0.25) is 0 Å². The third kappa shape index (κ3) is 5.74. The molecule has 0 atom stereocenters. The maximum absolute atomic E-state index is 12.8. The van der Waals surface area contributed by atoms with Gasteiger partial charge in [-0.1, -0.05) is 78.9 Å². The normalized spacial score (nSPS) is 11.1. The molecule has 1 N–H and O–H groups in total. The van der Waals surface area contributed by atoms with Crippen molar-refractivity contribution in [2.75, 3.05) is 5.32 Å². The van der Waals surface area contributed by atoms with Gasteiger partial charge in [-0.15, -0.1) is 0 Å². The topological polar surface area (TPSA) is 77.1 Å². The molecular formula is C36H27N3O3. The SMILES string of the molecule is Cc1occc1C(=O)Nc1ccc(C(=O)/C=C/c2ccc(-n3nc(-c4ccccc4)cc3-c3ccccc3)cc2)cc1. The number of anilines is 1. The Balaban J connectivity index is 1.17. The van der Waals surface area contributed by atoms with Crippen LogP contribution >= 0.6 is 0 Å². The molecule has 0 aliphatic carbocycles. The number of amides is 1. The van der Waals surface area contributed by atoms with Crippen LogP contribution in [0.25, 0.3) is 34.3 Å². The Labute approximate surface area is 243 Å². The molecule has 0 saturated carbocycles. The monoisotopic (exact) mass is 549 g/mol. The van der Waals surface area contributed by atoms with E-state index in [2.05, 4.69) is 35.6 Å². The lowest BCUT2D eigenvalue weighted by atomic mass is 10.1. The molecule has 0 unspecified atom stereocenters. The number of nitrogens with one attached hydrogen (secondary N) is 1. The number of ketones is 1. The summed E-state index contributed by atoms with van der Waals surface area (Å²) >= 11 is 0. The highest BCUT2D eigenvalue weighted by Gasteiger charge is 2.14. The maximum atomic E-state index is 12.8. The lowest BCUT2D eigenvalue weighted by molar-refractivity contribution is 0.102. The number of hydrogen-bond acceptors (Lipinski definition) is 4. The number of allylic oxidation sites excluding steroid dienone is 1. The first kappa shape index (κ1) is 26.5. The van der Waals surface area contributed by atoms with Gasteiger partial charge in [0, 0.05) is 22.4 Å². The number of benzene rings is 4. The van der Waals surface area contributed by atoms with Gasteiger partial charge in [0.05, 0.1) is 28.9 Å². The minimum atomic E-state index is -0.258. The van der Waals surface area contributed by atoms with Crippen LogP contribution < -0.4 is 5.32 Å². The summed E-state index contributed by atoms with van der Waals surface area (Å²) in [5, 5.41) is 7.75. The van der Waals surface area contributed by atoms with Gasteiger partial charge in [0.2, 0.25) is 0 Å². The van der Waals surface area contributed by atoms with Gasteiger partial charge < -0.3 is 9.73 Å². The first-order chi connectivity index (χ1) is 20.5. The highest BCUT2D eigenvalue weighted by atomic mass is 16.3. The van der Waals surface area contributed by atoms with Crippen LogP contribution in [0.1, 0.15) is 32.0 Å². The predicted octanol–water partition coefficient (Wildman–Crippen LogP) is 8.26. The maximum Gasteiger partial charge on any atom is 0.259 e. The van der Waals surface area contributed by atoms with Gasteiger partial charge in [-0.2, -0.15) is 5.10 Å². The van der Waals surface area contributed by atoms with Gasteiger partial charge in [-0.05, 0) is 67.1 Å². The fourth-order valence-corrected chi connectivity index (χ4v) is 4.67. The highest BCUT2D eigenvalue weighted by molar-refractivity contribution is 6.08. The van der Waals surface area contributed by atoms with E-state index >= 15 is 0 Å². The van der Waals surface area contributed by atoms with Crippen molar-refractivity contribution in [3.63, 3.8) is 0 Å². The number of hydrogen-bond donors (Lipinski definition) is 1. The number of furan rings is 1. The van der Waals surface area contributed by atoms with Crippen LogP contribution in [0.3, 0.4) is 0 Å². The summed E-state index contributed by atoms with van der Waals surface area (Å²) in [6, 6.07) is 38.8. The summed E-state index contributed by atoms with van der Waals surface area (Å²) in [6.07, 6.45) is 4.82. The quantitative estimate of drug-likeness (QED) is 0.153. The molecule has 0 fully saturated rings. The van der Waals surface area contributed by atoms with Crippen LogP contribution in [-0.2, 0) is 0 Å². The molecule has 2 aromatic heterocycles. The summed E-state index contributed by atoms with van der Waals surface area (Å²) in [7, 11) is 0. The van der Waals surface area contributed by atoms with Crippen LogP contribution in [0.4, 0.5) is 5.69 Å². The van der Waals surface area contributed by atoms with Crippen molar-refractivity contribution in [3.8, 4) is 28.2 Å². The van der Waals surface area contributed by atoms with E-state index in [-0.39, 0.29) is 11.7 Å². The summed E-state index contributed by atoms with van der Waals surface area (Å²) in [5.74, 6) is 0.162. The number of aryl methyl sites for hydroxylation is 1. The number of carbonyl (C=O) groups excluding carboxylic acids is 2. The molecule has 6 rings (SSSR count). The van der Waals surface area contributed by atoms with Crippen molar-refractivity contribution < 1.29 is 14.0 Å². The Morgan fingerprint density at radius 3 is 2.10 bits per heavy atom. The van der Waals surface area contributed by atoms with Crippen molar-refractivity contribution in [2.45, 2.75) is 6.92 Å². The number of nitrogens with zero attached hydrogens (tertiary/aromatic N) is 2. The Kier molecular flexibility index (Phi) is 7.42. The first-order valence-electron chi connectivity index (χ1n) is 13.5. The Bertz CT molecular complexity index is 1870. The Hall–Kier alpha value is -5.75. The van der Waals surface area contributed by atoms with E-state index in [4.69, 9.17) is 9.52 Å². The second-order valence-corrected chi connectivity index (χ2v) is 9.77. The van der Waals surface area contributed by atoms with Crippen LogP contribution in [0, 0.1) is 6.92 Å². The molecule has 6 heteroatoms. The van der Waals surface area contributed by atoms with Gasteiger partial charge in [0.1, 0.15) is 5.76 Å². The van der Waals surface area contributed by atoms with Crippen LogP contribution in [0.15, 0.2) is 138 Å². The zero-order valence-electron chi connectivity index (χ0n) is 22.9. The molecule has 6 aromatic rings. The number of carbonyl (C=O) groups is 2. The molecule has 0 aliphatic heterocycles. The lowest BCUT2D eigenvalue weighted by Gasteiger charge is -2.08. The van der Waals surface area contributed by atoms with E-state index in [9.17, 15) is 9.59 Å². The minimum Gasteiger partial charge on any atom is -0.469 e. The van der Waals surface area contributed by atoms with Gasteiger partial charge in [0.15, 0.2) is 5.78 Å². The van der Waals surface area contributed by atoms with Crippen LogP contribution in [0.5, 0.6) is 0 Å². The summed E-state index contributed by atoms with van der Waals surface area (Å²) in [6.45, 7) is 1.73. The van der Waals surface area contributed by atoms with E-state index < -0.39 is 0 Å². The molecule has 0 radical (unpaired) electrons. The molecule has 0 spiro atoms. The zero-order valence-corrected chi connectivity index (χ0v) is 22.9. The van der Waals surface area contributed by atoms with E-state index in [0.29, 0.717) is 22.6 Å². The smallest absolute Gasteiger partial charge is 0.259 e. The van der Waals surface area contributed by atoms with Crippen molar-refractivity contribution in [1.29, 1.82) is 0 Å². The standard InChI is InChI=1S/C36H27N3O3/c1-25-32(22-23-42-25)36(41)37-30-17-15-29(16-18-30)35(40)21-14-26-12-19-31(20-13-26)39-34(28-10-6-3-7-11-28)24-33(38-39)27-8-4-2-5-9-27/h2-24H,1H3,(H,37,41)/b21-14+. The summed E-state index contributed by atoms with van der Waals surface area (Å²) in [5.41, 5.74) is 7.42. The van der Waals surface area contributed by atoms with E-state index in [1.165, 1.54) is 6.26 Å². The van der Waals surface area contributed by atoms with E-state index in [0.717, 1.165) is 33.8 Å². The summed E-state index contributed by atoms with van der Waals surface area (Å²) in [4.78, 5) is 25.2. The van der Waals surface area contributed by atoms with Gasteiger partial charge in [0.25, 0.3) is 5.91 Å². The fraction of sp³-hybridized carbons (Fsp3) is 0.0278. The molecule has 204 valence electrons. The zero-order chi connectivity index (χ0) is 28.9. The third-order valence-electron chi connectivity index (χ3n) is 6.94. The Morgan fingerprint density at radius 2 is 1.45 bits per heavy atom. The second kappa shape index (κ2) is 11.8. The molecule has 2 heterocycles. The molecule has 6 nitrogen and oxygen atoms in total. The summed E-state index contributed by atoms with van der Waals surface area (Å²) < 4.78 is 7.14. The molecule has 4 aromatic carbocycles. The fourth-order valence-electron chi connectivity index (χ4n) is 4.67. The van der Waals surface area contributed by atoms with E-state index in [1.54, 1.807) is 49.4 Å². The molecule has 0 bridgehead atoms. The van der Waals surface area contributed by atoms with Crippen molar-refractivity contribution in [1.82, 2.24) is 9.78 Å². The van der Waals surface area contributed by atoms with Gasteiger partial charge in [-0.3, -0.25) is 9.59 Å².